The van der Waals surface area contributed by atoms with Crippen LogP contribution in [0.5, 0.6) is 0 Å². The van der Waals surface area contributed by atoms with Crippen molar-refractivity contribution in [2.45, 2.75) is 38.3 Å². The maximum absolute atomic E-state index is 5.76. The zero-order valence-corrected chi connectivity index (χ0v) is 7.19. The van der Waals surface area contributed by atoms with Gasteiger partial charge in [0.15, 0.2) is 0 Å². The van der Waals surface area contributed by atoms with E-state index in [0.717, 1.165) is 25.9 Å². The predicted molar refractivity (Wildman–Crippen MR) is 44.5 cm³/mol. The fourth-order valence-corrected chi connectivity index (χ4v) is 1.28. The summed E-state index contributed by atoms with van der Waals surface area (Å²) in [5.41, 5.74) is 5.76. The van der Waals surface area contributed by atoms with Gasteiger partial charge in [-0.2, -0.15) is 0 Å². The van der Waals surface area contributed by atoms with Crippen LogP contribution in [0.1, 0.15) is 26.2 Å². The van der Waals surface area contributed by atoms with E-state index < -0.39 is 0 Å². The second-order valence-corrected chi connectivity index (χ2v) is 2.62. The average molecular weight is 166 g/mol. The second kappa shape index (κ2) is 4.94. The van der Waals surface area contributed by atoms with Crippen LogP contribution in [0.3, 0.4) is 0 Å². The van der Waals surface area contributed by atoms with Crippen LogP contribution in [0.2, 0.25) is 0 Å². The van der Waals surface area contributed by atoms with Gasteiger partial charge in [-0.3, -0.25) is 0 Å². The van der Waals surface area contributed by atoms with Crippen molar-refractivity contribution in [3.63, 3.8) is 0 Å². The standard InChI is InChI=1S/C7H15NO.ClH/c1-2-7-6(8)4-3-5-9-7;/h6-7H,2-5,8H2,1H3;1H. The van der Waals surface area contributed by atoms with E-state index in [4.69, 9.17) is 10.5 Å². The molecule has 0 aromatic rings. The predicted octanol–water partition coefficient (Wildman–Crippen LogP) is 1.32. The lowest BCUT2D eigenvalue weighted by atomic mass is 10.0. The summed E-state index contributed by atoms with van der Waals surface area (Å²) in [6, 6.07) is 0.295. The molecule has 0 saturated carbocycles. The van der Waals surface area contributed by atoms with Crippen LogP contribution in [0, 0.1) is 0 Å². The molecule has 0 aromatic heterocycles. The second-order valence-electron chi connectivity index (χ2n) is 2.62. The zero-order chi connectivity index (χ0) is 6.69. The minimum atomic E-state index is 0. The quantitative estimate of drug-likeness (QED) is 0.636. The van der Waals surface area contributed by atoms with Crippen LogP contribution >= 0.6 is 12.4 Å². The Balaban J connectivity index is 0.000000810. The van der Waals surface area contributed by atoms with Gasteiger partial charge in [-0.05, 0) is 19.3 Å². The molecule has 0 aliphatic carbocycles. The third-order valence-electron chi connectivity index (χ3n) is 1.89. The highest BCUT2D eigenvalue weighted by molar-refractivity contribution is 5.85. The van der Waals surface area contributed by atoms with E-state index in [1.807, 2.05) is 0 Å². The third kappa shape index (κ3) is 2.45. The molecule has 2 atom stereocenters. The van der Waals surface area contributed by atoms with Gasteiger partial charge >= 0.3 is 0 Å². The van der Waals surface area contributed by atoms with Crippen LogP contribution in [-0.2, 0) is 4.74 Å². The molecule has 1 saturated heterocycles. The first-order valence-electron chi connectivity index (χ1n) is 3.71. The van der Waals surface area contributed by atoms with Gasteiger partial charge in [0, 0.05) is 12.6 Å². The van der Waals surface area contributed by atoms with Gasteiger partial charge in [-0.25, -0.2) is 0 Å². The molecule has 10 heavy (non-hydrogen) atoms. The van der Waals surface area contributed by atoms with Crippen molar-refractivity contribution < 1.29 is 4.74 Å². The van der Waals surface area contributed by atoms with Gasteiger partial charge in [-0.15, -0.1) is 12.4 Å². The Morgan fingerprint density at radius 1 is 1.60 bits per heavy atom. The van der Waals surface area contributed by atoms with Gasteiger partial charge in [0.05, 0.1) is 6.10 Å². The number of rotatable bonds is 1. The Labute approximate surface area is 68.5 Å². The molecule has 1 heterocycles. The van der Waals surface area contributed by atoms with Crippen LogP contribution in [0.25, 0.3) is 0 Å². The number of hydrogen-bond acceptors (Lipinski definition) is 2. The normalized spacial score (nSPS) is 33.0. The molecule has 0 bridgehead atoms. The fourth-order valence-electron chi connectivity index (χ4n) is 1.28. The van der Waals surface area contributed by atoms with E-state index in [9.17, 15) is 0 Å². The topological polar surface area (TPSA) is 35.2 Å². The summed E-state index contributed by atoms with van der Waals surface area (Å²) in [5, 5.41) is 0. The fraction of sp³-hybridized carbons (Fsp3) is 1.00. The molecule has 0 spiro atoms. The zero-order valence-electron chi connectivity index (χ0n) is 6.38. The SMILES string of the molecule is CCC1OCCCC1N.Cl. The summed E-state index contributed by atoms with van der Waals surface area (Å²) >= 11 is 0. The van der Waals surface area contributed by atoms with Crippen molar-refractivity contribution in [2.24, 2.45) is 5.73 Å². The smallest absolute Gasteiger partial charge is 0.0723 e. The van der Waals surface area contributed by atoms with Crippen LogP contribution in [0.15, 0.2) is 0 Å². The highest BCUT2D eigenvalue weighted by atomic mass is 35.5. The lowest BCUT2D eigenvalue weighted by Gasteiger charge is -2.27. The van der Waals surface area contributed by atoms with E-state index in [2.05, 4.69) is 6.92 Å². The first kappa shape index (κ1) is 10.2. The summed E-state index contributed by atoms with van der Waals surface area (Å²) in [7, 11) is 0. The van der Waals surface area contributed by atoms with E-state index in [1.54, 1.807) is 0 Å². The van der Waals surface area contributed by atoms with Gasteiger partial charge in [0.1, 0.15) is 0 Å². The number of halogens is 1. The minimum Gasteiger partial charge on any atom is -0.377 e. The van der Waals surface area contributed by atoms with Gasteiger partial charge in [-0.1, -0.05) is 6.92 Å². The van der Waals surface area contributed by atoms with Crippen molar-refractivity contribution in [3.05, 3.63) is 0 Å². The molecule has 0 radical (unpaired) electrons. The Hall–Kier alpha value is 0.210. The summed E-state index contributed by atoms with van der Waals surface area (Å²) in [4.78, 5) is 0. The van der Waals surface area contributed by atoms with Crippen molar-refractivity contribution in [1.29, 1.82) is 0 Å². The highest BCUT2D eigenvalue weighted by Gasteiger charge is 2.19. The van der Waals surface area contributed by atoms with Crippen LogP contribution in [-0.4, -0.2) is 18.8 Å². The molecule has 1 aliphatic rings. The number of ether oxygens (including phenoxy) is 1. The van der Waals surface area contributed by atoms with Crippen molar-refractivity contribution >= 4 is 12.4 Å². The van der Waals surface area contributed by atoms with Crippen LogP contribution in [0.4, 0.5) is 0 Å². The van der Waals surface area contributed by atoms with Crippen molar-refractivity contribution in [3.8, 4) is 0 Å². The molecule has 1 rings (SSSR count). The summed E-state index contributed by atoms with van der Waals surface area (Å²) in [5.74, 6) is 0. The number of nitrogens with two attached hydrogens (primary N) is 1. The molecule has 1 aliphatic heterocycles. The maximum Gasteiger partial charge on any atom is 0.0723 e. The first-order valence-corrected chi connectivity index (χ1v) is 3.71. The number of hydrogen-bond donors (Lipinski definition) is 1. The van der Waals surface area contributed by atoms with Gasteiger partial charge in [0.25, 0.3) is 0 Å². The molecular weight excluding hydrogens is 150 g/mol. The maximum atomic E-state index is 5.76. The van der Waals surface area contributed by atoms with E-state index in [0.29, 0.717) is 12.1 Å². The Morgan fingerprint density at radius 3 is 2.70 bits per heavy atom. The Kier molecular flexibility index (Phi) is 5.04. The molecule has 62 valence electrons. The van der Waals surface area contributed by atoms with E-state index >= 15 is 0 Å². The summed E-state index contributed by atoms with van der Waals surface area (Å²) in [6.07, 6.45) is 3.66. The van der Waals surface area contributed by atoms with E-state index in [1.165, 1.54) is 0 Å². The molecule has 0 aromatic carbocycles. The molecular formula is C7H16ClNO. The molecule has 2 N–H and O–H groups in total. The first-order chi connectivity index (χ1) is 4.34. The Bertz CT molecular complexity index is 89.7. The molecule has 0 amide bonds. The van der Waals surface area contributed by atoms with Gasteiger partial charge < -0.3 is 10.5 Å². The van der Waals surface area contributed by atoms with Crippen molar-refractivity contribution in [2.75, 3.05) is 6.61 Å². The van der Waals surface area contributed by atoms with E-state index in [-0.39, 0.29) is 12.4 Å². The van der Waals surface area contributed by atoms with Crippen LogP contribution < -0.4 is 5.73 Å². The van der Waals surface area contributed by atoms with Crippen molar-refractivity contribution in [1.82, 2.24) is 0 Å². The molecule has 2 unspecified atom stereocenters. The third-order valence-corrected chi connectivity index (χ3v) is 1.89. The molecule has 3 heteroatoms. The summed E-state index contributed by atoms with van der Waals surface area (Å²) < 4.78 is 5.41. The average Bonchev–Trinajstić information content (AvgIpc) is 1.89. The monoisotopic (exact) mass is 165 g/mol. The minimum absolute atomic E-state index is 0. The molecule has 1 fully saturated rings. The largest absolute Gasteiger partial charge is 0.377 e. The Morgan fingerprint density at radius 2 is 2.30 bits per heavy atom. The lowest BCUT2D eigenvalue weighted by molar-refractivity contribution is -0.000160. The molecule has 2 nitrogen and oxygen atoms in total. The lowest BCUT2D eigenvalue weighted by Crippen LogP contribution is -2.40. The highest BCUT2D eigenvalue weighted by Crippen LogP contribution is 2.13. The van der Waals surface area contributed by atoms with Gasteiger partial charge in [0.2, 0.25) is 0 Å². The summed E-state index contributed by atoms with van der Waals surface area (Å²) in [6.45, 7) is 3.03.